The number of carbonyl (C=O) groups excluding carboxylic acids is 1. The topological polar surface area (TPSA) is 75.4 Å². The van der Waals surface area contributed by atoms with Crippen molar-refractivity contribution in [3.05, 3.63) is 75.8 Å². The van der Waals surface area contributed by atoms with E-state index in [1.807, 2.05) is 12.1 Å². The summed E-state index contributed by atoms with van der Waals surface area (Å²) in [5.74, 6) is 0. The van der Waals surface area contributed by atoms with Gasteiger partial charge >= 0.3 is 6.03 Å². The Labute approximate surface area is 201 Å². The van der Waals surface area contributed by atoms with Gasteiger partial charge in [-0.05, 0) is 35.9 Å². The van der Waals surface area contributed by atoms with Crippen LogP contribution in [0.3, 0.4) is 0 Å². The fraction of sp³-hybridized carbons (Fsp3) is 0.273. The van der Waals surface area contributed by atoms with Gasteiger partial charge < -0.3 is 5.32 Å². The number of urea groups is 1. The van der Waals surface area contributed by atoms with Crippen LogP contribution in [0.25, 0.3) is 0 Å². The first-order valence-electron chi connectivity index (χ1n) is 9.89. The second kappa shape index (κ2) is 8.73. The number of hydrazone groups is 1. The molecule has 7 nitrogen and oxygen atoms in total. The number of benzene rings is 2. The van der Waals surface area contributed by atoms with Gasteiger partial charge in [0.2, 0.25) is 0 Å². The highest BCUT2D eigenvalue weighted by atomic mass is 35.5. The first kappa shape index (κ1) is 22.6. The lowest BCUT2D eigenvalue weighted by atomic mass is 9.82. The number of aromatic nitrogens is 3. The van der Waals surface area contributed by atoms with Gasteiger partial charge in [-0.1, -0.05) is 67.7 Å². The average molecular weight is 492 g/mol. The highest BCUT2D eigenvalue weighted by molar-refractivity contribution is 6.42. The summed E-state index contributed by atoms with van der Waals surface area (Å²) in [6.07, 6.45) is 3.10. The number of amides is 2. The lowest BCUT2D eigenvalue weighted by molar-refractivity contribution is 0.188. The molecule has 0 radical (unpaired) electrons. The summed E-state index contributed by atoms with van der Waals surface area (Å²) in [5.41, 5.74) is 1.84. The van der Waals surface area contributed by atoms with Crippen molar-refractivity contribution < 1.29 is 4.79 Å². The predicted molar refractivity (Wildman–Crippen MR) is 127 cm³/mol. The maximum Gasteiger partial charge on any atom is 0.342 e. The average Bonchev–Trinajstić information content (AvgIpc) is 3.38. The number of nitrogens with zero attached hydrogens (tertiary/aromatic N) is 5. The molecule has 10 heteroatoms. The van der Waals surface area contributed by atoms with E-state index in [1.165, 1.54) is 11.3 Å². The summed E-state index contributed by atoms with van der Waals surface area (Å²) in [6.45, 7) is 6.15. The summed E-state index contributed by atoms with van der Waals surface area (Å²) in [6, 6.07) is 11.0. The molecule has 4 rings (SSSR count). The van der Waals surface area contributed by atoms with Crippen LogP contribution < -0.4 is 5.32 Å². The minimum Gasteiger partial charge on any atom is -0.306 e. The predicted octanol–water partition coefficient (Wildman–Crippen LogP) is 6.47. The Kier molecular flexibility index (Phi) is 6.16. The maximum atomic E-state index is 13.4. The van der Waals surface area contributed by atoms with Gasteiger partial charge in [0.1, 0.15) is 24.7 Å². The molecule has 0 bridgehead atoms. The minimum absolute atomic E-state index is 0.333. The molecule has 1 aliphatic heterocycles. The molecule has 32 heavy (non-hydrogen) atoms. The molecule has 166 valence electrons. The molecule has 1 N–H and O–H groups in total. The molecule has 0 spiro atoms. The molecule has 2 atom stereocenters. The molecule has 2 aromatic carbocycles. The van der Waals surface area contributed by atoms with Gasteiger partial charge in [0.25, 0.3) is 0 Å². The van der Waals surface area contributed by atoms with Crippen LogP contribution in [-0.4, -0.2) is 31.5 Å². The van der Waals surface area contributed by atoms with E-state index in [2.05, 4.69) is 36.2 Å². The largest absolute Gasteiger partial charge is 0.342 e. The summed E-state index contributed by atoms with van der Waals surface area (Å²) in [7, 11) is 0. The van der Waals surface area contributed by atoms with E-state index in [4.69, 9.17) is 39.9 Å². The molecule has 0 aliphatic carbocycles. The van der Waals surface area contributed by atoms with E-state index < -0.39 is 12.1 Å². The van der Waals surface area contributed by atoms with Crippen molar-refractivity contribution in [2.24, 2.45) is 10.5 Å². The summed E-state index contributed by atoms with van der Waals surface area (Å²) in [4.78, 5) is 17.5. The van der Waals surface area contributed by atoms with E-state index in [0.29, 0.717) is 20.8 Å². The van der Waals surface area contributed by atoms with Crippen LogP contribution in [0.1, 0.15) is 38.4 Å². The third kappa shape index (κ3) is 4.46. The van der Waals surface area contributed by atoms with Crippen LogP contribution >= 0.6 is 34.8 Å². The summed E-state index contributed by atoms with van der Waals surface area (Å²) < 4.78 is 1.73. The Balaban J connectivity index is 1.78. The van der Waals surface area contributed by atoms with E-state index in [-0.39, 0.29) is 11.5 Å². The van der Waals surface area contributed by atoms with Crippen LogP contribution in [0.2, 0.25) is 15.1 Å². The van der Waals surface area contributed by atoms with Gasteiger partial charge in [0, 0.05) is 16.1 Å². The summed E-state index contributed by atoms with van der Waals surface area (Å²) in [5, 5.41) is 14.8. The number of nitrogens with one attached hydrogen (secondary N) is 1. The fourth-order valence-corrected chi connectivity index (χ4v) is 4.08. The van der Waals surface area contributed by atoms with Crippen molar-refractivity contribution in [2.45, 2.75) is 32.9 Å². The number of rotatable bonds is 3. The van der Waals surface area contributed by atoms with Gasteiger partial charge in [-0.15, -0.1) is 0 Å². The standard InChI is InChI=1S/C22H21Cl3N6O/c1-22(2,3)20-19(30-12-26-11-27-30)18(13-4-6-14(23)7-5-13)31(29-20)21(32)28-15-8-9-16(24)17(25)10-15/h4-12,18-19H,1-3H3,(H,28,32). The second-order valence-corrected chi connectivity index (χ2v) is 9.71. The maximum absolute atomic E-state index is 13.4. The SMILES string of the molecule is CC(C)(C)C1=NN(C(=O)Nc2ccc(Cl)c(Cl)c2)C(c2ccc(Cl)cc2)C1n1cncn1. The van der Waals surface area contributed by atoms with E-state index in [1.54, 1.807) is 41.3 Å². The Morgan fingerprint density at radius 1 is 1.00 bits per heavy atom. The molecule has 2 unspecified atom stereocenters. The highest BCUT2D eigenvalue weighted by Crippen LogP contribution is 2.44. The van der Waals surface area contributed by atoms with E-state index in [0.717, 1.165) is 11.3 Å². The molecular weight excluding hydrogens is 471 g/mol. The zero-order chi connectivity index (χ0) is 23.0. The molecule has 2 heterocycles. The third-order valence-corrected chi connectivity index (χ3v) is 6.13. The Bertz CT molecular complexity index is 1160. The third-order valence-electron chi connectivity index (χ3n) is 5.14. The zero-order valence-corrected chi connectivity index (χ0v) is 19.9. The molecule has 3 aromatic rings. The lowest BCUT2D eigenvalue weighted by Gasteiger charge is -2.29. The van der Waals surface area contributed by atoms with Crippen molar-refractivity contribution >= 4 is 52.2 Å². The number of carbonyl (C=O) groups is 1. The van der Waals surface area contributed by atoms with Crippen molar-refractivity contribution in [1.29, 1.82) is 0 Å². The molecule has 1 aliphatic rings. The van der Waals surface area contributed by atoms with Gasteiger partial charge in [0.15, 0.2) is 0 Å². The number of hydrogen-bond donors (Lipinski definition) is 1. The molecule has 0 fully saturated rings. The number of anilines is 1. The van der Waals surface area contributed by atoms with E-state index >= 15 is 0 Å². The van der Waals surface area contributed by atoms with Crippen molar-refractivity contribution in [3.8, 4) is 0 Å². The van der Waals surface area contributed by atoms with Gasteiger partial charge in [-0.25, -0.2) is 19.5 Å². The zero-order valence-electron chi connectivity index (χ0n) is 17.6. The molecule has 0 saturated carbocycles. The van der Waals surface area contributed by atoms with Crippen LogP contribution in [0.15, 0.2) is 60.2 Å². The van der Waals surface area contributed by atoms with Crippen LogP contribution in [0, 0.1) is 5.41 Å². The molecular formula is C22H21Cl3N6O. The first-order chi connectivity index (χ1) is 15.1. The van der Waals surface area contributed by atoms with Crippen molar-refractivity contribution in [3.63, 3.8) is 0 Å². The van der Waals surface area contributed by atoms with Crippen LogP contribution in [0.4, 0.5) is 10.5 Å². The minimum atomic E-state index is -0.467. The normalized spacial score (nSPS) is 18.6. The van der Waals surface area contributed by atoms with Gasteiger partial charge in [-0.3, -0.25) is 0 Å². The van der Waals surface area contributed by atoms with Crippen LogP contribution in [-0.2, 0) is 0 Å². The first-order valence-corrected chi connectivity index (χ1v) is 11.0. The van der Waals surface area contributed by atoms with Crippen molar-refractivity contribution in [2.75, 3.05) is 5.32 Å². The van der Waals surface area contributed by atoms with E-state index in [9.17, 15) is 4.79 Å². The Morgan fingerprint density at radius 3 is 2.31 bits per heavy atom. The lowest BCUT2D eigenvalue weighted by Crippen LogP contribution is -2.36. The molecule has 0 saturated heterocycles. The second-order valence-electron chi connectivity index (χ2n) is 8.46. The Morgan fingerprint density at radius 2 is 1.72 bits per heavy atom. The smallest absolute Gasteiger partial charge is 0.306 e. The Hall–Kier alpha value is -2.61. The van der Waals surface area contributed by atoms with Gasteiger partial charge in [-0.2, -0.15) is 10.2 Å². The van der Waals surface area contributed by atoms with Gasteiger partial charge in [0.05, 0.1) is 15.8 Å². The quantitative estimate of drug-likeness (QED) is 0.456. The monoisotopic (exact) mass is 490 g/mol. The number of halogens is 3. The number of hydrogen-bond acceptors (Lipinski definition) is 4. The van der Waals surface area contributed by atoms with Crippen molar-refractivity contribution in [1.82, 2.24) is 19.8 Å². The molecule has 2 amide bonds. The summed E-state index contributed by atoms with van der Waals surface area (Å²) >= 11 is 18.2. The fourth-order valence-electron chi connectivity index (χ4n) is 3.66. The van der Waals surface area contributed by atoms with Crippen LogP contribution in [0.5, 0.6) is 0 Å². The molecule has 1 aromatic heterocycles. The highest BCUT2D eigenvalue weighted by Gasteiger charge is 2.46.